The summed E-state index contributed by atoms with van der Waals surface area (Å²) in [6.45, 7) is 0. The molecule has 4 saturated carbocycles. The fourth-order valence-corrected chi connectivity index (χ4v) is 5.27. The molecule has 0 amide bonds. The topological polar surface area (TPSA) is 66.2 Å². The van der Waals surface area contributed by atoms with Gasteiger partial charge in [0.15, 0.2) is 0 Å². The summed E-state index contributed by atoms with van der Waals surface area (Å²) in [5.41, 5.74) is 6.13. The van der Waals surface area contributed by atoms with E-state index in [0.717, 1.165) is 19.3 Å². The predicted octanol–water partition coefficient (Wildman–Crippen LogP) is 0.771. The highest BCUT2D eigenvalue weighted by Gasteiger charge is 2.54. The molecular formula is C10H16NO2S-. The highest BCUT2D eigenvalue weighted by atomic mass is 32.2. The van der Waals surface area contributed by atoms with E-state index in [1.807, 2.05) is 0 Å². The van der Waals surface area contributed by atoms with Gasteiger partial charge in [-0.2, -0.15) is 0 Å². The molecule has 4 aliphatic rings. The van der Waals surface area contributed by atoms with E-state index in [-0.39, 0.29) is 10.8 Å². The van der Waals surface area contributed by atoms with Crippen molar-refractivity contribution in [3.8, 4) is 0 Å². The van der Waals surface area contributed by atoms with Crippen LogP contribution in [0, 0.1) is 17.8 Å². The third-order valence-corrected chi connectivity index (χ3v) is 5.85. The van der Waals surface area contributed by atoms with Gasteiger partial charge >= 0.3 is 0 Å². The van der Waals surface area contributed by atoms with Crippen molar-refractivity contribution in [1.29, 1.82) is 0 Å². The Morgan fingerprint density at radius 1 is 1.21 bits per heavy atom. The Labute approximate surface area is 86.7 Å². The average Bonchev–Trinajstić information content (AvgIpc) is 2.12. The first kappa shape index (κ1) is 9.31. The maximum absolute atomic E-state index is 11.3. The van der Waals surface area contributed by atoms with Crippen molar-refractivity contribution < 1.29 is 8.76 Å². The lowest BCUT2D eigenvalue weighted by atomic mass is 9.54. The minimum Gasteiger partial charge on any atom is -0.772 e. The molecule has 4 fully saturated rings. The second-order valence-corrected chi connectivity index (χ2v) is 6.80. The van der Waals surface area contributed by atoms with Crippen LogP contribution >= 0.6 is 0 Å². The summed E-state index contributed by atoms with van der Waals surface area (Å²) >= 11 is -1.89. The van der Waals surface area contributed by atoms with Gasteiger partial charge in [0, 0.05) is 10.8 Å². The molecule has 4 heteroatoms. The molecule has 0 aromatic rings. The molecule has 0 radical (unpaired) electrons. The van der Waals surface area contributed by atoms with Crippen molar-refractivity contribution in [2.24, 2.45) is 23.5 Å². The zero-order chi connectivity index (χ0) is 9.92. The molecule has 0 aliphatic heterocycles. The van der Waals surface area contributed by atoms with Gasteiger partial charge in [-0.3, -0.25) is 4.21 Å². The van der Waals surface area contributed by atoms with E-state index in [1.54, 1.807) is 0 Å². The lowest BCUT2D eigenvalue weighted by Crippen LogP contribution is -2.60. The Morgan fingerprint density at radius 2 is 1.79 bits per heavy atom. The minimum atomic E-state index is -1.89. The fourth-order valence-electron chi connectivity index (χ4n) is 4.19. The van der Waals surface area contributed by atoms with Gasteiger partial charge in [-0.25, -0.2) is 0 Å². The molecule has 4 bridgehead atoms. The molecule has 3 unspecified atom stereocenters. The number of hydrogen-bond donors (Lipinski definition) is 1. The summed E-state index contributed by atoms with van der Waals surface area (Å²) in [5, 5.41) is 0. The molecule has 0 heterocycles. The van der Waals surface area contributed by atoms with Crippen LogP contribution in [0.1, 0.15) is 32.1 Å². The van der Waals surface area contributed by atoms with E-state index in [0.29, 0.717) is 17.8 Å². The lowest BCUT2D eigenvalue weighted by Gasteiger charge is -2.59. The zero-order valence-electron chi connectivity index (χ0n) is 8.15. The second kappa shape index (κ2) is 2.80. The van der Waals surface area contributed by atoms with E-state index in [9.17, 15) is 8.76 Å². The standard InChI is InChI=1S/C10H17NO2S/c11-9-7-1-6-2-8(9)5-10(3-6,4-7)14(12)13/h6-9H,1-5,11H2,(H,12,13)/p-1. The SMILES string of the molecule is NC1C2CC3CC1CC(S(=O)[O-])(C3)C2. The van der Waals surface area contributed by atoms with Crippen LogP contribution in [0.3, 0.4) is 0 Å². The van der Waals surface area contributed by atoms with Crippen molar-refractivity contribution in [2.45, 2.75) is 42.9 Å². The van der Waals surface area contributed by atoms with E-state index < -0.39 is 11.1 Å². The van der Waals surface area contributed by atoms with E-state index >= 15 is 0 Å². The molecular weight excluding hydrogens is 198 g/mol. The molecule has 14 heavy (non-hydrogen) atoms. The number of rotatable bonds is 1. The van der Waals surface area contributed by atoms with Crippen LogP contribution in [0.25, 0.3) is 0 Å². The van der Waals surface area contributed by atoms with Crippen LogP contribution in [0.5, 0.6) is 0 Å². The van der Waals surface area contributed by atoms with Gasteiger partial charge in [-0.05, 0) is 60.9 Å². The summed E-state index contributed by atoms with van der Waals surface area (Å²) in [6.07, 6.45) is 4.92. The van der Waals surface area contributed by atoms with E-state index in [2.05, 4.69) is 0 Å². The molecule has 4 rings (SSSR count). The first-order valence-electron chi connectivity index (χ1n) is 5.46. The molecule has 2 N–H and O–H groups in total. The lowest BCUT2D eigenvalue weighted by molar-refractivity contribution is 0.0129. The smallest absolute Gasteiger partial charge is 0.0336 e. The number of nitrogens with two attached hydrogens (primary N) is 1. The molecule has 0 aromatic heterocycles. The molecule has 0 saturated heterocycles. The van der Waals surface area contributed by atoms with Crippen molar-refractivity contribution in [3.63, 3.8) is 0 Å². The molecule has 4 aliphatic carbocycles. The van der Waals surface area contributed by atoms with E-state index in [4.69, 9.17) is 5.73 Å². The maximum Gasteiger partial charge on any atom is 0.0336 e. The molecule has 0 spiro atoms. The largest absolute Gasteiger partial charge is 0.772 e. The summed E-state index contributed by atoms with van der Waals surface area (Å²) in [7, 11) is 0. The molecule has 3 nitrogen and oxygen atoms in total. The van der Waals surface area contributed by atoms with Crippen molar-refractivity contribution in [3.05, 3.63) is 0 Å². The fraction of sp³-hybridized carbons (Fsp3) is 1.00. The Kier molecular flexibility index (Phi) is 1.86. The van der Waals surface area contributed by atoms with Gasteiger partial charge < -0.3 is 10.3 Å². The third-order valence-electron chi connectivity index (χ3n) is 4.64. The summed E-state index contributed by atoms with van der Waals surface area (Å²) < 4.78 is 22.3. The molecule has 80 valence electrons. The first-order chi connectivity index (χ1) is 6.61. The monoisotopic (exact) mass is 214 g/mol. The highest BCUT2D eigenvalue weighted by Crippen LogP contribution is 2.57. The average molecular weight is 214 g/mol. The van der Waals surface area contributed by atoms with Gasteiger partial charge in [0.05, 0.1) is 0 Å². The summed E-state index contributed by atoms with van der Waals surface area (Å²) in [5.74, 6) is 1.61. The third kappa shape index (κ3) is 1.08. The normalized spacial score (nSPS) is 57.6. The molecule has 0 aromatic carbocycles. The van der Waals surface area contributed by atoms with Gasteiger partial charge in [-0.1, -0.05) is 0 Å². The van der Waals surface area contributed by atoms with Gasteiger partial charge in [-0.15, -0.1) is 0 Å². The Bertz CT molecular complexity index is 278. The Balaban J connectivity index is 1.96. The quantitative estimate of drug-likeness (QED) is 0.656. The first-order valence-corrected chi connectivity index (χ1v) is 6.53. The van der Waals surface area contributed by atoms with Crippen LogP contribution in [0.15, 0.2) is 0 Å². The predicted molar refractivity (Wildman–Crippen MR) is 53.2 cm³/mol. The van der Waals surface area contributed by atoms with Gasteiger partial charge in [0.25, 0.3) is 0 Å². The number of hydrogen-bond acceptors (Lipinski definition) is 3. The van der Waals surface area contributed by atoms with Crippen molar-refractivity contribution >= 4 is 11.1 Å². The minimum absolute atomic E-state index is 0.281. The Morgan fingerprint density at radius 3 is 2.29 bits per heavy atom. The van der Waals surface area contributed by atoms with Crippen LogP contribution in [0.4, 0.5) is 0 Å². The summed E-state index contributed by atoms with van der Waals surface area (Å²) in [6, 6.07) is 0.281. The van der Waals surface area contributed by atoms with Crippen molar-refractivity contribution in [1.82, 2.24) is 0 Å². The van der Waals surface area contributed by atoms with Gasteiger partial charge in [0.2, 0.25) is 0 Å². The van der Waals surface area contributed by atoms with Gasteiger partial charge in [0.1, 0.15) is 0 Å². The van der Waals surface area contributed by atoms with E-state index in [1.165, 1.54) is 12.8 Å². The van der Waals surface area contributed by atoms with Crippen LogP contribution in [0.2, 0.25) is 0 Å². The zero-order valence-corrected chi connectivity index (χ0v) is 8.96. The molecule has 3 atom stereocenters. The van der Waals surface area contributed by atoms with Crippen molar-refractivity contribution in [2.75, 3.05) is 0 Å². The second-order valence-electron chi connectivity index (χ2n) is 5.47. The van der Waals surface area contributed by atoms with Crippen LogP contribution < -0.4 is 5.73 Å². The van der Waals surface area contributed by atoms with Crippen LogP contribution in [-0.2, 0) is 11.1 Å². The van der Waals surface area contributed by atoms with Crippen LogP contribution in [-0.4, -0.2) is 19.6 Å². The maximum atomic E-state index is 11.3. The summed E-state index contributed by atoms with van der Waals surface area (Å²) in [4.78, 5) is 0. The Hall–Kier alpha value is 0.0700. The highest BCUT2D eigenvalue weighted by molar-refractivity contribution is 7.80.